The highest BCUT2D eigenvalue weighted by molar-refractivity contribution is 7.26. The van der Waals surface area contributed by atoms with Crippen LogP contribution in [-0.2, 0) is 5.41 Å². The Hall–Kier alpha value is -12.3. The normalized spacial score (nSPS) is 12.9. The molecule has 0 bridgehead atoms. The average molecular weight is 1270 g/mol. The van der Waals surface area contributed by atoms with E-state index >= 15 is 0 Å². The van der Waals surface area contributed by atoms with Gasteiger partial charge >= 0.3 is 0 Å². The molecule has 0 saturated heterocycles. The average Bonchev–Trinajstić information content (AvgIpc) is 1.53. The lowest BCUT2D eigenvalue weighted by Gasteiger charge is -2.22. The monoisotopic (exact) mass is 1270 g/mol. The van der Waals surface area contributed by atoms with Gasteiger partial charge in [-0.3, -0.25) is 0 Å². The maximum absolute atomic E-state index is 6.68. The first-order valence-corrected chi connectivity index (χ1v) is 34.6. The second kappa shape index (κ2) is 20.9. The van der Waals surface area contributed by atoms with Crippen LogP contribution in [0.2, 0.25) is 0 Å². The summed E-state index contributed by atoms with van der Waals surface area (Å²) in [7, 11) is 0. The zero-order valence-corrected chi connectivity index (χ0v) is 54.5. The number of nitrogens with zero attached hydrogens (tertiary/aromatic N) is 2. The number of hydrogen-bond donors (Lipinski definition) is 0. The fourth-order valence-electron chi connectivity index (χ4n) is 16.9. The molecular weight excluding hydrogens is 1210 g/mol. The minimum atomic E-state index is -0.132. The summed E-state index contributed by atoms with van der Waals surface area (Å²) in [4.78, 5) is 0. The molecule has 16 aromatic carbocycles. The Balaban J connectivity index is 0.000000136. The molecule has 1 aliphatic carbocycles. The van der Waals surface area contributed by atoms with E-state index in [4.69, 9.17) is 8.83 Å². The van der Waals surface area contributed by atoms with Crippen molar-refractivity contribution in [2.24, 2.45) is 0 Å². The highest BCUT2D eigenvalue weighted by atomic mass is 32.1. The van der Waals surface area contributed by atoms with Crippen LogP contribution in [0.25, 0.3) is 196 Å². The summed E-state index contributed by atoms with van der Waals surface area (Å²) in [5.41, 5.74) is 23.3. The number of furan rings is 2. The van der Waals surface area contributed by atoms with Crippen LogP contribution in [0.3, 0.4) is 0 Å². The van der Waals surface area contributed by atoms with E-state index in [1.165, 1.54) is 146 Å². The van der Waals surface area contributed by atoms with Gasteiger partial charge in [0.2, 0.25) is 0 Å². The summed E-state index contributed by atoms with van der Waals surface area (Å²) in [6.45, 7) is 4.73. The molecule has 22 rings (SSSR count). The van der Waals surface area contributed by atoms with Crippen molar-refractivity contribution in [1.29, 1.82) is 0 Å². The van der Waals surface area contributed by atoms with Gasteiger partial charge in [-0.25, -0.2) is 0 Å². The third-order valence-corrected chi connectivity index (χ3v) is 22.6. The Morgan fingerprint density at radius 2 is 0.847 bits per heavy atom. The van der Waals surface area contributed by atoms with E-state index < -0.39 is 0 Å². The number of aromatic nitrogens is 2. The first-order valence-electron chi connectivity index (χ1n) is 33.8. The molecule has 4 nitrogen and oxygen atoms in total. The molecule has 5 aromatic heterocycles. The van der Waals surface area contributed by atoms with Gasteiger partial charge in [0.05, 0.1) is 22.1 Å². The van der Waals surface area contributed by atoms with Crippen LogP contribution < -0.4 is 0 Å². The summed E-state index contributed by atoms with van der Waals surface area (Å²) >= 11 is 1.87. The molecule has 5 heterocycles. The lowest BCUT2D eigenvalue weighted by atomic mass is 9.81. The molecule has 5 heteroatoms. The van der Waals surface area contributed by atoms with Crippen molar-refractivity contribution in [2.75, 3.05) is 0 Å². The molecule has 0 radical (unpaired) electrons. The van der Waals surface area contributed by atoms with E-state index in [0.29, 0.717) is 0 Å². The van der Waals surface area contributed by atoms with Crippen molar-refractivity contribution in [3.05, 3.63) is 327 Å². The zero-order valence-electron chi connectivity index (χ0n) is 53.6. The van der Waals surface area contributed by atoms with Gasteiger partial charge in [0.25, 0.3) is 0 Å². The molecule has 21 aromatic rings. The predicted octanol–water partition coefficient (Wildman–Crippen LogP) is 26.5. The second-order valence-corrected chi connectivity index (χ2v) is 28.0. The van der Waals surface area contributed by atoms with Crippen molar-refractivity contribution >= 4 is 151 Å². The third-order valence-electron chi connectivity index (χ3n) is 21.4. The van der Waals surface area contributed by atoms with Crippen LogP contribution in [0.4, 0.5) is 0 Å². The van der Waals surface area contributed by atoms with E-state index in [1.807, 2.05) is 17.4 Å². The van der Waals surface area contributed by atoms with Crippen LogP contribution in [0, 0.1) is 0 Å². The molecule has 0 aliphatic heterocycles. The standard InChI is InChI=1S/C54H31NOS.C39H27NO/c1-2-11-32(12-3-1)33-21-24-44-48(30-33)55(35-23-25-41-39-15-5-4-13-37(39)38-14-6-7-16-40(38)45(41)31-35)47-26-28-50-53(52(44)47)46-29-34(22-27-49(46)56-50)36-18-10-19-43-42-17-8-9-20-51(42)57-54(36)43;1-39(2)31-21-22-34-37(30-14-6-8-17-33(30)40(34)25-11-4-3-5-12-25)36(31)29-20-19-24(23-32(29)39)26-15-10-16-28-27-13-7-9-18-35(27)41-38(26)28/h1-31H;3-23H,1-2H3. The Morgan fingerprint density at radius 1 is 0.276 bits per heavy atom. The van der Waals surface area contributed by atoms with Crippen molar-refractivity contribution in [1.82, 2.24) is 9.13 Å². The van der Waals surface area contributed by atoms with Gasteiger partial charge in [-0.1, -0.05) is 244 Å². The quantitative estimate of drug-likeness (QED) is 0.161. The fraction of sp³-hybridized carbons (Fsp3) is 0.0323. The van der Waals surface area contributed by atoms with Crippen LogP contribution in [0.5, 0.6) is 0 Å². The molecule has 0 unspecified atom stereocenters. The minimum absolute atomic E-state index is 0.132. The molecule has 0 spiro atoms. The number of rotatable bonds is 5. The molecule has 0 fully saturated rings. The van der Waals surface area contributed by atoms with Gasteiger partial charge < -0.3 is 18.0 Å². The van der Waals surface area contributed by atoms with Crippen molar-refractivity contribution < 1.29 is 8.83 Å². The lowest BCUT2D eigenvalue weighted by molar-refractivity contribution is 0.660. The maximum Gasteiger partial charge on any atom is 0.143 e. The summed E-state index contributed by atoms with van der Waals surface area (Å²) in [5, 5.41) is 19.9. The van der Waals surface area contributed by atoms with Crippen LogP contribution in [-0.4, -0.2) is 9.13 Å². The summed E-state index contributed by atoms with van der Waals surface area (Å²) in [6, 6.07) is 115. The molecule has 458 valence electrons. The van der Waals surface area contributed by atoms with E-state index in [9.17, 15) is 0 Å². The van der Waals surface area contributed by atoms with Gasteiger partial charge in [0.1, 0.15) is 22.3 Å². The Kier molecular flexibility index (Phi) is 11.7. The Bertz CT molecular complexity index is 6920. The van der Waals surface area contributed by atoms with Gasteiger partial charge in [-0.05, 0) is 167 Å². The molecule has 0 saturated carbocycles. The van der Waals surface area contributed by atoms with E-state index in [1.54, 1.807) is 0 Å². The highest BCUT2D eigenvalue weighted by Gasteiger charge is 2.38. The number of benzene rings is 16. The van der Waals surface area contributed by atoms with Crippen molar-refractivity contribution in [2.45, 2.75) is 19.3 Å². The number of para-hydroxylation sites is 4. The van der Waals surface area contributed by atoms with E-state index in [2.05, 4.69) is 332 Å². The first-order chi connectivity index (χ1) is 48.4. The topological polar surface area (TPSA) is 36.1 Å². The Morgan fingerprint density at radius 3 is 1.65 bits per heavy atom. The third kappa shape index (κ3) is 7.93. The second-order valence-electron chi connectivity index (χ2n) is 26.9. The Labute approximate surface area is 567 Å². The van der Waals surface area contributed by atoms with Gasteiger partial charge in [-0.2, -0.15) is 0 Å². The molecule has 0 atom stereocenters. The van der Waals surface area contributed by atoms with E-state index in [0.717, 1.165) is 60.6 Å². The number of thiophene rings is 1. The van der Waals surface area contributed by atoms with Gasteiger partial charge in [0.15, 0.2) is 0 Å². The maximum atomic E-state index is 6.68. The van der Waals surface area contributed by atoms with E-state index in [-0.39, 0.29) is 5.41 Å². The summed E-state index contributed by atoms with van der Waals surface area (Å²) < 4.78 is 20.6. The molecule has 0 N–H and O–H groups in total. The molecule has 0 amide bonds. The van der Waals surface area contributed by atoms with Crippen LogP contribution in [0.1, 0.15) is 25.0 Å². The largest absolute Gasteiger partial charge is 0.456 e. The van der Waals surface area contributed by atoms with Gasteiger partial charge in [-0.15, -0.1) is 11.3 Å². The van der Waals surface area contributed by atoms with Crippen molar-refractivity contribution in [3.63, 3.8) is 0 Å². The lowest BCUT2D eigenvalue weighted by Crippen LogP contribution is -2.15. The van der Waals surface area contributed by atoms with Crippen LogP contribution in [0.15, 0.2) is 324 Å². The minimum Gasteiger partial charge on any atom is -0.456 e. The van der Waals surface area contributed by atoms with Crippen LogP contribution >= 0.6 is 11.3 Å². The molecular formula is C93H58N2O2S. The smallest absolute Gasteiger partial charge is 0.143 e. The highest BCUT2D eigenvalue weighted by Crippen LogP contribution is 2.55. The predicted molar refractivity (Wildman–Crippen MR) is 415 cm³/mol. The fourth-order valence-corrected chi connectivity index (χ4v) is 18.2. The first kappa shape index (κ1) is 55.0. The molecule has 98 heavy (non-hydrogen) atoms. The van der Waals surface area contributed by atoms with Crippen molar-refractivity contribution in [3.8, 4) is 55.9 Å². The number of fused-ring (bicyclic) bond motifs is 26. The zero-order chi connectivity index (χ0) is 64.5. The SMILES string of the molecule is CC1(C)c2cc(-c3cccc4c3oc3ccccc34)ccc2-c2c1ccc1c2c2ccccc2n1-c1ccccc1.c1ccc(-c2ccc3c4c5c(ccc4n(-c4ccc6c7ccccc7c7ccccc7c6c4)c3c2)oc2ccc(-c3cccc4c3sc3ccccc34)cc25)cc1. The van der Waals surface area contributed by atoms with Gasteiger partial charge in [0, 0.05) is 85.6 Å². The molecule has 1 aliphatic rings. The summed E-state index contributed by atoms with van der Waals surface area (Å²) in [5.74, 6) is 0. The number of hydrogen-bond acceptors (Lipinski definition) is 3. The summed E-state index contributed by atoms with van der Waals surface area (Å²) in [6.07, 6.45) is 0.